The van der Waals surface area contributed by atoms with Crippen LogP contribution >= 0.6 is 0 Å². The van der Waals surface area contributed by atoms with Crippen molar-refractivity contribution in [2.45, 2.75) is 19.8 Å². The quantitative estimate of drug-likeness (QED) is 0.718. The molecule has 1 fully saturated rings. The van der Waals surface area contributed by atoms with Crippen LogP contribution in [0, 0.1) is 5.41 Å². The predicted octanol–water partition coefficient (Wildman–Crippen LogP) is 1.72. The summed E-state index contributed by atoms with van der Waals surface area (Å²) in [4.78, 5) is 19.0. The van der Waals surface area contributed by atoms with Crippen LogP contribution in [0.2, 0.25) is 0 Å². The standard InChI is InChI=1S/C13H16N4O/c1-13(4-5-13)7-15-12-16-10-3-2-8(14)6-9(10)11(18)17-12/h2-3,6H,4-5,7,14H2,1H3,(H2,15,16,17,18). The first kappa shape index (κ1) is 11.1. The topological polar surface area (TPSA) is 83.8 Å². The van der Waals surface area contributed by atoms with E-state index in [4.69, 9.17) is 5.73 Å². The number of hydrogen-bond acceptors (Lipinski definition) is 4. The van der Waals surface area contributed by atoms with Gasteiger partial charge < -0.3 is 11.1 Å². The zero-order chi connectivity index (χ0) is 12.8. The zero-order valence-electron chi connectivity index (χ0n) is 10.3. The second-order valence-corrected chi connectivity index (χ2v) is 5.36. The summed E-state index contributed by atoms with van der Waals surface area (Å²) in [6.45, 7) is 3.07. The van der Waals surface area contributed by atoms with E-state index in [0.29, 0.717) is 28.0 Å². The maximum atomic E-state index is 11.9. The first-order chi connectivity index (χ1) is 8.56. The van der Waals surface area contributed by atoms with Gasteiger partial charge in [-0.05, 0) is 36.5 Å². The number of aromatic nitrogens is 2. The number of nitrogens with one attached hydrogen (secondary N) is 2. The first-order valence-electron chi connectivity index (χ1n) is 6.09. The van der Waals surface area contributed by atoms with Crippen molar-refractivity contribution >= 4 is 22.5 Å². The van der Waals surface area contributed by atoms with Gasteiger partial charge in [-0.1, -0.05) is 6.92 Å². The molecule has 2 aromatic rings. The van der Waals surface area contributed by atoms with Gasteiger partial charge in [0.15, 0.2) is 0 Å². The maximum Gasteiger partial charge on any atom is 0.260 e. The Morgan fingerprint density at radius 1 is 1.50 bits per heavy atom. The molecule has 4 N–H and O–H groups in total. The van der Waals surface area contributed by atoms with E-state index >= 15 is 0 Å². The summed E-state index contributed by atoms with van der Waals surface area (Å²) in [6, 6.07) is 5.16. The number of nitrogens with zero attached hydrogens (tertiary/aromatic N) is 1. The monoisotopic (exact) mass is 244 g/mol. The van der Waals surface area contributed by atoms with Crippen molar-refractivity contribution in [2.24, 2.45) is 5.41 Å². The summed E-state index contributed by atoms with van der Waals surface area (Å²) in [5.74, 6) is 0.533. The van der Waals surface area contributed by atoms with Gasteiger partial charge in [-0.3, -0.25) is 9.78 Å². The van der Waals surface area contributed by atoms with Gasteiger partial charge in [0, 0.05) is 12.2 Å². The van der Waals surface area contributed by atoms with Crippen LogP contribution in [-0.4, -0.2) is 16.5 Å². The number of aromatic amines is 1. The highest BCUT2D eigenvalue weighted by molar-refractivity contribution is 5.81. The van der Waals surface area contributed by atoms with Gasteiger partial charge in [-0.15, -0.1) is 0 Å². The van der Waals surface area contributed by atoms with Crippen molar-refractivity contribution in [1.82, 2.24) is 9.97 Å². The fourth-order valence-electron chi connectivity index (χ4n) is 1.93. The second-order valence-electron chi connectivity index (χ2n) is 5.36. The van der Waals surface area contributed by atoms with E-state index < -0.39 is 0 Å². The minimum Gasteiger partial charge on any atom is -0.399 e. The Kier molecular flexibility index (Phi) is 2.29. The van der Waals surface area contributed by atoms with E-state index in [2.05, 4.69) is 22.2 Å². The lowest BCUT2D eigenvalue weighted by Gasteiger charge is -2.10. The third-order valence-electron chi connectivity index (χ3n) is 3.52. The van der Waals surface area contributed by atoms with Gasteiger partial charge >= 0.3 is 0 Å². The van der Waals surface area contributed by atoms with Crippen molar-refractivity contribution in [3.63, 3.8) is 0 Å². The van der Waals surface area contributed by atoms with E-state index in [1.807, 2.05) is 0 Å². The summed E-state index contributed by atoms with van der Waals surface area (Å²) >= 11 is 0. The summed E-state index contributed by atoms with van der Waals surface area (Å²) < 4.78 is 0. The molecule has 0 atom stereocenters. The number of fused-ring (bicyclic) bond motifs is 1. The molecule has 1 aromatic carbocycles. The summed E-state index contributed by atoms with van der Waals surface area (Å²) in [5, 5.41) is 3.72. The van der Waals surface area contributed by atoms with Gasteiger partial charge in [0.1, 0.15) is 0 Å². The van der Waals surface area contributed by atoms with Crippen molar-refractivity contribution < 1.29 is 0 Å². The minimum atomic E-state index is -0.157. The first-order valence-corrected chi connectivity index (χ1v) is 6.09. The number of H-pyrrole nitrogens is 1. The Balaban J connectivity index is 1.94. The largest absolute Gasteiger partial charge is 0.399 e. The van der Waals surface area contributed by atoms with Crippen molar-refractivity contribution in [3.05, 3.63) is 28.6 Å². The van der Waals surface area contributed by atoms with Crippen LogP contribution in [0.4, 0.5) is 11.6 Å². The summed E-state index contributed by atoms with van der Waals surface area (Å²) in [6.07, 6.45) is 2.46. The molecule has 1 aliphatic rings. The smallest absolute Gasteiger partial charge is 0.260 e. The normalized spacial score (nSPS) is 16.7. The lowest BCUT2D eigenvalue weighted by Crippen LogP contribution is -2.18. The molecule has 0 unspecified atom stereocenters. The average molecular weight is 244 g/mol. The molecule has 0 aliphatic heterocycles. The zero-order valence-corrected chi connectivity index (χ0v) is 10.3. The van der Waals surface area contributed by atoms with Crippen molar-refractivity contribution in [1.29, 1.82) is 0 Å². The van der Waals surface area contributed by atoms with Crippen LogP contribution in [0.1, 0.15) is 19.8 Å². The molecule has 3 rings (SSSR count). The minimum absolute atomic E-state index is 0.157. The molecule has 94 valence electrons. The highest BCUT2D eigenvalue weighted by atomic mass is 16.1. The van der Waals surface area contributed by atoms with E-state index in [1.165, 1.54) is 12.8 Å². The number of nitrogen functional groups attached to an aromatic ring is 1. The van der Waals surface area contributed by atoms with Crippen LogP contribution in [0.3, 0.4) is 0 Å². The maximum absolute atomic E-state index is 11.9. The highest BCUT2D eigenvalue weighted by Crippen LogP contribution is 2.44. The number of benzene rings is 1. The lowest BCUT2D eigenvalue weighted by molar-refractivity contribution is 0.608. The molecule has 5 nitrogen and oxygen atoms in total. The SMILES string of the molecule is CC1(CNc2nc3ccc(N)cc3c(=O)[nH]2)CC1. The lowest BCUT2D eigenvalue weighted by atomic mass is 10.1. The fourth-order valence-corrected chi connectivity index (χ4v) is 1.93. The molecule has 0 saturated heterocycles. The van der Waals surface area contributed by atoms with E-state index in [0.717, 1.165) is 6.54 Å². The Hall–Kier alpha value is -2.04. The molecule has 1 heterocycles. The molecule has 0 amide bonds. The number of anilines is 2. The van der Waals surface area contributed by atoms with Gasteiger partial charge in [0.05, 0.1) is 10.9 Å². The summed E-state index contributed by atoms with van der Waals surface area (Å²) in [7, 11) is 0. The molecule has 1 saturated carbocycles. The molecular weight excluding hydrogens is 228 g/mol. The molecule has 5 heteroatoms. The molecule has 1 aliphatic carbocycles. The van der Waals surface area contributed by atoms with Crippen molar-refractivity contribution in [3.8, 4) is 0 Å². The predicted molar refractivity (Wildman–Crippen MR) is 72.6 cm³/mol. The second kappa shape index (κ2) is 3.73. The highest BCUT2D eigenvalue weighted by Gasteiger charge is 2.36. The van der Waals surface area contributed by atoms with Crippen LogP contribution in [0.5, 0.6) is 0 Å². The van der Waals surface area contributed by atoms with Gasteiger partial charge in [0.25, 0.3) is 5.56 Å². The van der Waals surface area contributed by atoms with Crippen molar-refractivity contribution in [2.75, 3.05) is 17.6 Å². The molecule has 0 bridgehead atoms. The van der Waals surface area contributed by atoms with Crippen LogP contribution in [0.25, 0.3) is 10.9 Å². The van der Waals surface area contributed by atoms with Gasteiger partial charge in [-0.2, -0.15) is 0 Å². The number of nitrogens with two attached hydrogens (primary N) is 1. The Labute approximate surface area is 104 Å². The molecule has 0 spiro atoms. The van der Waals surface area contributed by atoms with Gasteiger partial charge in [-0.25, -0.2) is 4.98 Å². The van der Waals surface area contributed by atoms with Gasteiger partial charge in [0.2, 0.25) is 5.95 Å². The number of hydrogen-bond donors (Lipinski definition) is 3. The third kappa shape index (κ3) is 2.03. The average Bonchev–Trinajstić information content (AvgIpc) is 3.07. The third-order valence-corrected chi connectivity index (χ3v) is 3.52. The molecule has 1 aromatic heterocycles. The Morgan fingerprint density at radius 2 is 2.28 bits per heavy atom. The fraction of sp³-hybridized carbons (Fsp3) is 0.385. The van der Waals surface area contributed by atoms with Crippen LogP contribution in [0.15, 0.2) is 23.0 Å². The van der Waals surface area contributed by atoms with Crippen LogP contribution in [-0.2, 0) is 0 Å². The van der Waals surface area contributed by atoms with Crippen LogP contribution < -0.4 is 16.6 Å². The molecule has 0 radical (unpaired) electrons. The number of rotatable bonds is 3. The van der Waals surface area contributed by atoms with E-state index in [-0.39, 0.29) is 5.56 Å². The Bertz CT molecular complexity index is 658. The summed E-state index contributed by atoms with van der Waals surface area (Å²) in [5.41, 5.74) is 7.11. The van der Waals surface area contributed by atoms with E-state index in [9.17, 15) is 4.79 Å². The molecule has 18 heavy (non-hydrogen) atoms. The van der Waals surface area contributed by atoms with E-state index in [1.54, 1.807) is 18.2 Å². The molecular formula is C13H16N4O. The Morgan fingerprint density at radius 3 is 3.00 bits per heavy atom.